The normalized spacial score (nSPS) is 21.5. The first kappa shape index (κ1) is 20.2. The van der Waals surface area contributed by atoms with Gasteiger partial charge in [-0.2, -0.15) is 0 Å². The summed E-state index contributed by atoms with van der Waals surface area (Å²) in [4.78, 5) is 19.9. The first-order valence-electron chi connectivity index (χ1n) is 11.2. The number of nitrogens with zero attached hydrogens (tertiary/aromatic N) is 2. The second kappa shape index (κ2) is 7.59. The van der Waals surface area contributed by atoms with Gasteiger partial charge < -0.3 is 24.8 Å². The highest BCUT2D eigenvalue weighted by atomic mass is 19.1. The Kier molecular flexibility index (Phi) is 4.65. The minimum Gasteiger partial charge on any atom is -0.454 e. The molecule has 8 heteroatoms. The van der Waals surface area contributed by atoms with Crippen LogP contribution in [0.4, 0.5) is 10.2 Å². The van der Waals surface area contributed by atoms with E-state index in [0.717, 1.165) is 29.5 Å². The molecule has 1 saturated heterocycles. The van der Waals surface area contributed by atoms with Crippen LogP contribution in [0.1, 0.15) is 52.9 Å². The summed E-state index contributed by atoms with van der Waals surface area (Å²) in [5.74, 6) is 1.12. The molecule has 3 aliphatic heterocycles. The SMILES string of the molecule is C[C@@H]1CC[C@@H](c2ccc3c(c2)OCO3)N(C(=O)c2cc3c4c(c(N)nc3cc2F)COC4)C1. The van der Waals surface area contributed by atoms with E-state index in [0.29, 0.717) is 53.9 Å². The molecule has 0 bridgehead atoms. The minimum absolute atomic E-state index is 0.0445. The third-order valence-electron chi connectivity index (χ3n) is 6.91. The van der Waals surface area contributed by atoms with Crippen molar-refractivity contribution in [1.29, 1.82) is 0 Å². The molecule has 170 valence electrons. The molecule has 3 aromatic rings. The molecule has 33 heavy (non-hydrogen) atoms. The Labute approximate surface area is 190 Å². The van der Waals surface area contributed by atoms with Crippen LogP contribution in [0.15, 0.2) is 30.3 Å². The van der Waals surface area contributed by atoms with Gasteiger partial charge in [-0.25, -0.2) is 9.37 Å². The maximum absolute atomic E-state index is 15.2. The Bertz CT molecular complexity index is 1290. The van der Waals surface area contributed by atoms with E-state index >= 15 is 4.39 Å². The van der Waals surface area contributed by atoms with Gasteiger partial charge in [0, 0.05) is 23.6 Å². The van der Waals surface area contributed by atoms with Gasteiger partial charge in [-0.15, -0.1) is 0 Å². The van der Waals surface area contributed by atoms with Gasteiger partial charge in [0.15, 0.2) is 11.5 Å². The Morgan fingerprint density at radius 2 is 1.94 bits per heavy atom. The summed E-state index contributed by atoms with van der Waals surface area (Å²) in [7, 11) is 0. The lowest BCUT2D eigenvalue weighted by atomic mass is 9.89. The predicted molar refractivity (Wildman–Crippen MR) is 119 cm³/mol. The number of hydrogen-bond acceptors (Lipinski definition) is 6. The average Bonchev–Trinajstić information content (AvgIpc) is 3.48. The molecule has 0 spiro atoms. The topological polar surface area (TPSA) is 86.9 Å². The Morgan fingerprint density at radius 1 is 1.12 bits per heavy atom. The molecule has 0 radical (unpaired) electrons. The van der Waals surface area contributed by atoms with Crippen molar-refractivity contribution in [3.63, 3.8) is 0 Å². The van der Waals surface area contributed by atoms with E-state index in [9.17, 15) is 4.79 Å². The standard InChI is InChI=1S/C25H24FN3O4/c1-13-2-4-21(14-3-5-22-23(6-14)33-12-32-22)29(9-13)25(30)16-7-15-17-10-31-11-18(17)24(27)28-20(15)8-19(16)26/h3,5-8,13,21H,2,4,9-12H2,1H3,(H2,27,28)/t13-,21+/m1/s1. The number of nitrogens with two attached hydrogens (primary N) is 1. The number of nitrogen functional groups attached to an aromatic ring is 1. The number of halogens is 1. The second-order valence-corrected chi connectivity index (χ2v) is 9.06. The van der Waals surface area contributed by atoms with Crippen LogP contribution in [-0.2, 0) is 18.0 Å². The van der Waals surface area contributed by atoms with Gasteiger partial charge in [0.05, 0.1) is 30.3 Å². The smallest absolute Gasteiger partial charge is 0.257 e. The fraction of sp³-hybridized carbons (Fsp3) is 0.360. The summed E-state index contributed by atoms with van der Waals surface area (Å²) in [5, 5.41) is 0.714. The number of fused-ring (bicyclic) bond motifs is 4. The highest BCUT2D eigenvalue weighted by molar-refractivity contribution is 6.00. The molecule has 7 nitrogen and oxygen atoms in total. The third kappa shape index (κ3) is 3.28. The molecule has 4 heterocycles. The Morgan fingerprint density at radius 3 is 2.82 bits per heavy atom. The van der Waals surface area contributed by atoms with Gasteiger partial charge in [-0.1, -0.05) is 13.0 Å². The lowest BCUT2D eigenvalue weighted by Gasteiger charge is -2.39. The van der Waals surface area contributed by atoms with Crippen molar-refractivity contribution < 1.29 is 23.4 Å². The van der Waals surface area contributed by atoms with Crippen LogP contribution in [0.3, 0.4) is 0 Å². The van der Waals surface area contributed by atoms with E-state index < -0.39 is 5.82 Å². The zero-order valence-electron chi connectivity index (χ0n) is 18.3. The van der Waals surface area contributed by atoms with Crippen molar-refractivity contribution in [3.8, 4) is 11.5 Å². The molecule has 2 N–H and O–H groups in total. The van der Waals surface area contributed by atoms with Gasteiger partial charge in [0.1, 0.15) is 11.6 Å². The quantitative estimate of drug-likeness (QED) is 0.627. The minimum atomic E-state index is -0.596. The van der Waals surface area contributed by atoms with Crippen LogP contribution in [0.2, 0.25) is 0 Å². The van der Waals surface area contributed by atoms with Crippen molar-refractivity contribution in [3.05, 3.63) is 58.4 Å². The van der Waals surface area contributed by atoms with Crippen LogP contribution < -0.4 is 15.2 Å². The molecular weight excluding hydrogens is 425 g/mol. The molecule has 6 rings (SSSR count). The summed E-state index contributed by atoms with van der Waals surface area (Å²) in [6, 6.07) is 8.51. The Hall–Kier alpha value is -3.39. The number of rotatable bonds is 2. The third-order valence-corrected chi connectivity index (χ3v) is 6.91. The van der Waals surface area contributed by atoms with Gasteiger partial charge in [0.25, 0.3) is 5.91 Å². The molecule has 1 fully saturated rings. The highest BCUT2D eigenvalue weighted by Crippen LogP contribution is 2.40. The van der Waals surface area contributed by atoms with E-state index in [1.54, 1.807) is 11.0 Å². The number of benzene rings is 2. The molecule has 2 aromatic carbocycles. The monoisotopic (exact) mass is 449 g/mol. The van der Waals surface area contributed by atoms with Crippen LogP contribution in [-0.4, -0.2) is 29.1 Å². The number of pyridine rings is 1. The molecular formula is C25H24FN3O4. The van der Waals surface area contributed by atoms with E-state index in [-0.39, 0.29) is 24.3 Å². The summed E-state index contributed by atoms with van der Waals surface area (Å²) >= 11 is 0. The lowest BCUT2D eigenvalue weighted by molar-refractivity contribution is 0.0539. The number of aromatic nitrogens is 1. The fourth-order valence-electron chi connectivity index (χ4n) is 5.16. The number of anilines is 1. The van der Waals surface area contributed by atoms with Crippen molar-refractivity contribution >= 4 is 22.6 Å². The van der Waals surface area contributed by atoms with Crippen molar-refractivity contribution in [2.24, 2.45) is 5.92 Å². The van der Waals surface area contributed by atoms with E-state index in [1.807, 2.05) is 18.2 Å². The highest BCUT2D eigenvalue weighted by Gasteiger charge is 2.34. The number of hydrogen-bond donors (Lipinski definition) is 1. The van der Waals surface area contributed by atoms with Gasteiger partial charge in [0.2, 0.25) is 6.79 Å². The molecule has 0 aliphatic carbocycles. The molecule has 0 unspecified atom stereocenters. The van der Waals surface area contributed by atoms with Crippen molar-refractivity contribution in [1.82, 2.24) is 9.88 Å². The van der Waals surface area contributed by atoms with E-state index in [1.165, 1.54) is 6.07 Å². The molecule has 1 aromatic heterocycles. The van der Waals surface area contributed by atoms with Gasteiger partial charge in [-0.05, 0) is 48.1 Å². The van der Waals surface area contributed by atoms with Crippen LogP contribution in [0.5, 0.6) is 11.5 Å². The van der Waals surface area contributed by atoms with Crippen molar-refractivity contribution in [2.45, 2.75) is 39.0 Å². The number of piperidine rings is 1. The molecule has 3 aliphatic rings. The van der Waals surface area contributed by atoms with E-state index in [4.69, 9.17) is 19.9 Å². The van der Waals surface area contributed by atoms with Crippen LogP contribution in [0, 0.1) is 11.7 Å². The number of carbonyl (C=O) groups is 1. The number of amides is 1. The maximum atomic E-state index is 15.2. The van der Waals surface area contributed by atoms with Crippen molar-refractivity contribution in [2.75, 3.05) is 19.1 Å². The summed E-state index contributed by atoms with van der Waals surface area (Å²) in [5.41, 5.74) is 9.17. The second-order valence-electron chi connectivity index (χ2n) is 9.06. The zero-order valence-corrected chi connectivity index (χ0v) is 18.3. The maximum Gasteiger partial charge on any atom is 0.257 e. The molecule has 0 saturated carbocycles. The zero-order chi connectivity index (χ0) is 22.7. The molecule has 2 atom stereocenters. The van der Waals surface area contributed by atoms with E-state index in [2.05, 4.69) is 11.9 Å². The average molecular weight is 449 g/mol. The first-order chi connectivity index (χ1) is 16.0. The largest absolute Gasteiger partial charge is 0.454 e. The van der Waals surface area contributed by atoms with Gasteiger partial charge >= 0.3 is 0 Å². The lowest BCUT2D eigenvalue weighted by Crippen LogP contribution is -2.42. The summed E-state index contributed by atoms with van der Waals surface area (Å²) in [6.45, 7) is 3.61. The van der Waals surface area contributed by atoms with Gasteiger partial charge in [-0.3, -0.25) is 4.79 Å². The fourth-order valence-corrected chi connectivity index (χ4v) is 5.16. The number of carbonyl (C=O) groups excluding carboxylic acids is 1. The Balaban J connectivity index is 1.41. The molecule has 1 amide bonds. The number of likely N-dealkylation sites (tertiary alicyclic amines) is 1. The van der Waals surface area contributed by atoms with Crippen LogP contribution >= 0.6 is 0 Å². The summed E-state index contributed by atoms with van der Waals surface area (Å²) < 4.78 is 31.7. The first-order valence-corrected chi connectivity index (χ1v) is 11.2. The summed E-state index contributed by atoms with van der Waals surface area (Å²) in [6.07, 6.45) is 1.78. The number of ether oxygens (including phenoxy) is 3. The predicted octanol–water partition coefficient (Wildman–Crippen LogP) is 4.33. The van der Waals surface area contributed by atoms with Crippen LogP contribution in [0.25, 0.3) is 10.9 Å².